The molecule has 0 saturated carbocycles. The minimum atomic E-state index is -0.0953. The Morgan fingerprint density at radius 2 is 2.04 bits per heavy atom. The van der Waals surface area contributed by atoms with Gasteiger partial charge in [0.1, 0.15) is 5.65 Å². The van der Waals surface area contributed by atoms with Gasteiger partial charge in [0.2, 0.25) is 0 Å². The molecule has 6 nitrogen and oxygen atoms in total. The van der Waals surface area contributed by atoms with Crippen LogP contribution in [0.1, 0.15) is 29.9 Å². The molecule has 0 bridgehead atoms. The van der Waals surface area contributed by atoms with E-state index in [-0.39, 0.29) is 11.9 Å². The average Bonchev–Trinajstić information content (AvgIpc) is 3.19. The van der Waals surface area contributed by atoms with E-state index >= 15 is 0 Å². The molecule has 0 spiro atoms. The standard InChI is InChI=1S/C19H19N5O/c1-10(2)22-19(25)15-7-13(8-16-17(15)11(3)23-24-16)14-6-12-4-5-20-18(12)21-9-14/h4-10H,1-3H3,(H,20,21)(H,22,25)(H,23,24). The number of aromatic nitrogens is 4. The van der Waals surface area contributed by atoms with Gasteiger partial charge < -0.3 is 10.3 Å². The van der Waals surface area contributed by atoms with Crippen molar-refractivity contribution in [3.05, 3.63) is 47.9 Å². The van der Waals surface area contributed by atoms with Crippen LogP contribution in [0.3, 0.4) is 0 Å². The molecule has 0 radical (unpaired) electrons. The fourth-order valence-corrected chi connectivity index (χ4v) is 3.09. The van der Waals surface area contributed by atoms with E-state index in [1.54, 1.807) is 0 Å². The van der Waals surface area contributed by atoms with Crippen molar-refractivity contribution in [2.75, 3.05) is 0 Å². The van der Waals surface area contributed by atoms with Crippen molar-refractivity contribution in [1.29, 1.82) is 0 Å². The van der Waals surface area contributed by atoms with Crippen molar-refractivity contribution < 1.29 is 4.79 Å². The summed E-state index contributed by atoms with van der Waals surface area (Å²) >= 11 is 0. The second-order valence-corrected chi connectivity index (χ2v) is 6.53. The number of nitrogens with zero attached hydrogens (tertiary/aromatic N) is 2. The number of pyridine rings is 1. The molecule has 0 saturated heterocycles. The quantitative estimate of drug-likeness (QED) is 0.536. The molecule has 6 heteroatoms. The summed E-state index contributed by atoms with van der Waals surface area (Å²) in [7, 11) is 0. The number of aryl methyl sites for hydroxylation is 1. The van der Waals surface area contributed by atoms with Crippen LogP contribution in [0.2, 0.25) is 0 Å². The van der Waals surface area contributed by atoms with E-state index in [0.29, 0.717) is 5.56 Å². The maximum Gasteiger partial charge on any atom is 0.252 e. The highest BCUT2D eigenvalue weighted by molar-refractivity contribution is 6.09. The van der Waals surface area contributed by atoms with Gasteiger partial charge in [-0.1, -0.05) is 0 Å². The number of hydrogen-bond donors (Lipinski definition) is 3. The highest BCUT2D eigenvalue weighted by Gasteiger charge is 2.17. The van der Waals surface area contributed by atoms with Crippen LogP contribution in [0.4, 0.5) is 0 Å². The van der Waals surface area contributed by atoms with E-state index < -0.39 is 0 Å². The summed E-state index contributed by atoms with van der Waals surface area (Å²) in [6, 6.07) is 8.01. The van der Waals surface area contributed by atoms with Gasteiger partial charge in [0.25, 0.3) is 5.91 Å². The van der Waals surface area contributed by atoms with Crippen molar-refractivity contribution in [1.82, 2.24) is 25.5 Å². The van der Waals surface area contributed by atoms with E-state index in [4.69, 9.17) is 0 Å². The third-order valence-electron chi connectivity index (χ3n) is 4.23. The molecule has 4 aromatic rings. The molecule has 3 N–H and O–H groups in total. The first-order chi connectivity index (χ1) is 12.0. The molecule has 0 aliphatic heterocycles. The Hall–Kier alpha value is -3.15. The van der Waals surface area contributed by atoms with Gasteiger partial charge in [0.15, 0.2) is 0 Å². The average molecular weight is 333 g/mol. The van der Waals surface area contributed by atoms with Crippen LogP contribution >= 0.6 is 0 Å². The Bertz CT molecular complexity index is 1090. The number of nitrogens with one attached hydrogen (secondary N) is 3. The molecule has 126 valence electrons. The van der Waals surface area contributed by atoms with Gasteiger partial charge in [0.05, 0.1) is 11.1 Å². The molecular formula is C19H19N5O. The Balaban J connectivity index is 1.91. The Morgan fingerprint density at radius 3 is 2.84 bits per heavy atom. The normalized spacial score (nSPS) is 11.5. The van der Waals surface area contributed by atoms with Crippen molar-refractivity contribution in [3.63, 3.8) is 0 Å². The first-order valence-electron chi connectivity index (χ1n) is 8.26. The second kappa shape index (κ2) is 5.73. The van der Waals surface area contributed by atoms with Gasteiger partial charge in [-0.25, -0.2) is 4.98 Å². The molecule has 1 aromatic carbocycles. The van der Waals surface area contributed by atoms with Crippen molar-refractivity contribution in [2.24, 2.45) is 0 Å². The van der Waals surface area contributed by atoms with Crippen molar-refractivity contribution in [2.45, 2.75) is 26.8 Å². The van der Waals surface area contributed by atoms with Crippen LogP contribution in [0.5, 0.6) is 0 Å². The third kappa shape index (κ3) is 2.65. The molecule has 0 aliphatic rings. The van der Waals surface area contributed by atoms with E-state index in [2.05, 4.69) is 31.5 Å². The number of carbonyl (C=O) groups excluding carboxylic acids is 1. The first-order valence-corrected chi connectivity index (χ1v) is 8.26. The van der Waals surface area contributed by atoms with Crippen molar-refractivity contribution in [3.8, 4) is 11.1 Å². The third-order valence-corrected chi connectivity index (χ3v) is 4.23. The summed E-state index contributed by atoms with van der Waals surface area (Å²) < 4.78 is 0. The van der Waals surface area contributed by atoms with Crippen LogP contribution in [-0.4, -0.2) is 32.1 Å². The minimum Gasteiger partial charge on any atom is -0.350 e. The SMILES string of the molecule is Cc1[nH]nc2cc(-c3cnc4[nH]ccc4c3)cc(C(=O)NC(C)C)c12. The molecule has 0 aliphatic carbocycles. The molecule has 0 unspecified atom stereocenters. The number of fused-ring (bicyclic) bond motifs is 2. The second-order valence-electron chi connectivity index (χ2n) is 6.53. The van der Waals surface area contributed by atoms with Crippen LogP contribution in [0.15, 0.2) is 36.7 Å². The lowest BCUT2D eigenvalue weighted by Gasteiger charge is -2.11. The number of benzene rings is 1. The fourth-order valence-electron chi connectivity index (χ4n) is 3.09. The van der Waals surface area contributed by atoms with E-state index in [1.807, 2.05) is 51.4 Å². The molecule has 3 heterocycles. The summed E-state index contributed by atoms with van der Waals surface area (Å²) in [5.74, 6) is -0.0953. The Morgan fingerprint density at radius 1 is 1.20 bits per heavy atom. The Kier molecular flexibility index (Phi) is 3.53. The number of H-pyrrole nitrogens is 2. The predicted octanol–water partition coefficient (Wildman–Crippen LogP) is 3.55. The van der Waals surface area contributed by atoms with E-state index in [0.717, 1.165) is 38.8 Å². The zero-order valence-electron chi connectivity index (χ0n) is 14.3. The van der Waals surface area contributed by atoms with Crippen LogP contribution in [-0.2, 0) is 0 Å². The molecule has 3 aromatic heterocycles. The molecule has 25 heavy (non-hydrogen) atoms. The molecule has 4 rings (SSSR count). The maximum absolute atomic E-state index is 12.7. The van der Waals surface area contributed by atoms with Gasteiger partial charge in [-0.05, 0) is 50.6 Å². The lowest BCUT2D eigenvalue weighted by atomic mass is 9.99. The van der Waals surface area contributed by atoms with Gasteiger partial charge >= 0.3 is 0 Å². The largest absolute Gasteiger partial charge is 0.350 e. The monoisotopic (exact) mass is 333 g/mol. The topological polar surface area (TPSA) is 86.5 Å². The molecule has 0 fully saturated rings. The summed E-state index contributed by atoms with van der Waals surface area (Å²) in [5, 5.41) is 12.2. The molecular weight excluding hydrogens is 314 g/mol. The summed E-state index contributed by atoms with van der Waals surface area (Å²) in [5.41, 5.74) is 5.00. The lowest BCUT2D eigenvalue weighted by molar-refractivity contribution is 0.0945. The minimum absolute atomic E-state index is 0.0660. The zero-order chi connectivity index (χ0) is 17.6. The summed E-state index contributed by atoms with van der Waals surface area (Å²) in [6.07, 6.45) is 3.67. The van der Waals surface area contributed by atoms with Crippen LogP contribution in [0, 0.1) is 6.92 Å². The maximum atomic E-state index is 12.7. The zero-order valence-corrected chi connectivity index (χ0v) is 14.3. The fraction of sp³-hybridized carbons (Fsp3) is 0.211. The highest BCUT2D eigenvalue weighted by atomic mass is 16.1. The van der Waals surface area contributed by atoms with Crippen LogP contribution in [0.25, 0.3) is 33.1 Å². The van der Waals surface area contributed by atoms with Gasteiger partial charge in [-0.15, -0.1) is 0 Å². The highest BCUT2D eigenvalue weighted by Crippen LogP contribution is 2.29. The molecule has 0 atom stereocenters. The predicted molar refractivity (Wildman–Crippen MR) is 98.5 cm³/mol. The van der Waals surface area contributed by atoms with Gasteiger partial charge in [-0.2, -0.15) is 5.10 Å². The molecule has 1 amide bonds. The van der Waals surface area contributed by atoms with Gasteiger partial charge in [-0.3, -0.25) is 9.89 Å². The van der Waals surface area contributed by atoms with Gasteiger partial charge in [0, 0.05) is 40.5 Å². The summed E-state index contributed by atoms with van der Waals surface area (Å²) in [6.45, 7) is 5.82. The number of amides is 1. The first kappa shape index (κ1) is 15.4. The number of rotatable bonds is 3. The number of aromatic amines is 2. The van der Waals surface area contributed by atoms with Crippen molar-refractivity contribution >= 4 is 27.8 Å². The Labute approximate surface area is 144 Å². The lowest BCUT2D eigenvalue weighted by Crippen LogP contribution is -2.30. The number of hydrogen-bond acceptors (Lipinski definition) is 3. The van der Waals surface area contributed by atoms with Crippen LogP contribution < -0.4 is 5.32 Å². The van der Waals surface area contributed by atoms with E-state index in [1.165, 1.54) is 0 Å². The van der Waals surface area contributed by atoms with E-state index in [9.17, 15) is 4.79 Å². The smallest absolute Gasteiger partial charge is 0.252 e. The number of carbonyl (C=O) groups is 1. The summed E-state index contributed by atoms with van der Waals surface area (Å²) in [4.78, 5) is 20.2.